The Morgan fingerprint density at radius 3 is 2.43 bits per heavy atom. The maximum atomic E-state index is 13.1. The van der Waals surface area contributed by atoms with E-state index in [-0.39, 0.29) is 22.8 Å². The summed E-state index contributed by atoms with van der Waals surface area (Å²) in [6, 6.07) is 16.4. The number of carbonyl (C=O) groups excluding carboxylic acids is 1. The molecule has 0 aliphatic carbocycles. The smallest absolute Gasteiger partial charge is 0.340 e. The second-order valence-electron chi connectivity index (χ2n) is 8.47. The number of sulfonamides is 1. The number of para-hydroxylation sites is 1. The summed E-state index contributed by atoms with van der Waals surface area (Å²) in [5.41, 5.74) is 3.75. The minimum Gasteiger partial charge on any atom is -0.457 e. The van der Waals surface area contributed by atoms with Crippen molar-refractivity contribution >= 4 is 32.6 Å². The molecule has 0 saturated carbocycles. The fourth-order valence-corrected chi connectivity index (χ4v) is 5.22. The Morgan fingerprint density at radius 2 is 1.66 bits per heavy atom. The molecule has 4 rings (SSSR count). The second kappa shape index (κ2) is 9.38. The van der Waals surface area contributed by atoms with Crippen LogP contribution in [-0.2, 0) is 21.4 Å². The summed E-state index contributed by atoms with van der Waals surface area (Å²) in [6.07, 6.45) is 0. The number of carbonyl (C=O) groups is 1. The summed E-state index contributed by atoms with van der Waals surface area (Å²) >= 11 is 0. The molecular weight excluding hydrogens is 466 g/mol. The molecule has 0 saturated heterocycles. The Hall–Kier alpha value is -3.91. The number of esters is 1. The van der Waals surface area contributed by atoms with Gasteiger partial charge in [0, 0.05) is 17.0 Å². The molecule has 3 aromatic carbocycles. The van der Waals surface area contributed by atoms with Gasteiger partial charge in [0.1, 0.15) is 12.2 Å². The van der Waals surface area contributed by atoms with Gasteiger partial charge in [-0.25, -0.2) is 18.0 Å². The Bertz CT molecular complexity index is 1620. The van der Waals surface area contributed by atoms with Crippen molar-refractivity contribution in [2.45, 2.75) is 39.2 Å². The molecule has 0 spiro atoms. The first kappa shape index (κ1) is 24.2. The zero-order chi connectivity index (χ0) is 25.3. The molecule has 0 fully saturated rings. The van der Waals surface area contributed by atoms with Gasteiger partial charge in [-0.15, -0.1) is 0 Å². The Kier molecular flexibility index (Phi) is 6.49. The number of aryl methyl sites for hydroxylation is 4. The number of nitrogens with one attached hydrogen (secondary N) is 1. The summed E-state index contributed by atoms with van der Waals surface area (Å²) in [6.45, 7) is 7.10. The molecular formula is C27H25NO6S. The lowest BCUT2D eigenvalue weighted by molar-refractivity contribution is 0.0475. The number of hydrogen-bond acceptors (Lipinski definition) is 6. The van der Waals surface area contributed by atoms with Crippen molar-refractivity contribution in [2.24, 2.45) is 0 Å². The van der Waals surface area contributed by atoms with E-state index in [0.717, 1.165) is 16.7 Å². The van der Waals surface area contributed by atoms with Gasteiger partial charge in [0.05, 0.1) is 16.1 Å². The monoisotopic (exact) mass is 491 g/mol. The summed E-state index contributed by atoms with van der Waals surface area (Å²) in [5, 5.41) is 0.671. The Morgan fingerprint density at radius 1 is 0.943 bits per heavy atom. The highest BCUT2D eigenvalue weighted by Crippen LogP contribution is 2.26. The average molecular weight is 492 g/mol. The van der Waals surface area contributed by atoms with Crippen LogP contribution in [0, 0.1) is 27.7 Å². The van der Waals surface area contributed by atoms with E-state index >= 15 is 0 Å². The van der Waals surface area contributed by atoms with Gasteiger partial charge < -0.3 is 9.15 Å². The van der Waals surface area contributed by atoms with E-state index in [1.54, 1.807) is 38.1 Å². The highest BCUT2D eigenvalue weighted by molar-refractivity contribution is 7.92. The average Bonchev–Trinajstić information content (AvgIpc) is 2.81. The van der Waals surface area contributed by atoms with E-state index in [1.807, 2.05) is 32.0 Å². The molecule has 8 heteroatoms. The van der Waals surface area contributed by atoms with Gasteiger partial charge >= 0.3 is 11.6 Å². The van der Waals surface area contributed by atoms with Crippen molar-refractivity contribution in [1.29, 1.82) is 0 Å². The number of ether oxygens (including phenoxy) is 1. The van der Waals surface area contributed by atoms with Crippen molar-refractivity contribution in [3.05, 3.63) is 104 Å². The van der Waals surface area contributed by atoms with Crippen LogP contribution < -0.4 is 10.3 Å². The zero-order valence-electron chi connectivity index (χ0n) is 19.8. The van der Waals surface area contributed by atoms with Crippen LogP contribution in [0.3, 0.4) is 0 Å². The molecule has 1 aromatic heterocycles. The fourth-order valence-electron chi connectivity index (χ4n) is 3.81. The molecule has 7 nitrogen and oxygen atoms in total. The van der Waals surface area contributed by atoms with E-state index < -0.39 is 21.6 Å². The van der Waals surface area contributed by atoms with Crippen molar-refractivity contribution < 1.29 is 22.4 Å². The largest absolute Gasteiger partial charge is 0.457 e. The summed E-state index contributed by atoms with van der Waals surface area (Å²) in [5.74, 6) is -0.727. The minimum absolute atomic E-state index is 0.0562. The third-order valence-electron chi connectivity index (χ3n) is 5.90. The molecule has 0 atom stereocenters. The van der Waals surface area contributed by atoms with Gasteiger partial charge in [0.25, 0.3) is 10.0 Å². The zero-order valence-corrected chi connectivity index (χ0v) is 20.7. The minimum atomic E-state index is -3.94. The lowest BCUT2D eigenvalue weighted by Gasteiger charge is -2.14. The quantitative estimate of drug-likeness (QED) is 0.294. The van der Waals surface area contributed by atoms with Crippen LogP contribution in [0.5, 0.6) is 0 Å². The number of benzene rings is 3. The predicted molar refractivity (Wildman–Crippen MR) is 134 cm³/mol. The third kappa shape index (κ3) is 4.97. The van der Waals surface area contributed by atoms with Crippen LogP contribution in [0.25, 0.3) is 11.0 Å². The Balaban J connectivity index is 1.62. The highest BCUT2D eigenvalue weighted by atomic mass is 32.2. The first-order valence-corrected chi connectivity index (χ1v) is 12.4. The van der Waals surface area contributed by atoms with Gasteiger partial charge in [-0.3, -0.25) is 4.72 Å². The van der Waals surface area contributed by atoms with Gasteiger partial charge in [-0.1, -0.05) is 36.4 Å². The van der Waals surface area contributed by atoms with Crippen LogP contribution >= 0.6 is 0 Å². The maximum Gasteiger partial charge on any atom is 0.340 e. The molecule has 4 aromatic rings. The lowest BCUT2D eigenvalue weighted by atomic mass is 10.0. The number of hydrogen-bond donors (Lipinski definition) is 1. The molecule has 1 heterocycles. The summed E-state index contributed by atoms with van der Waals surface area (Å²) < 4.78 is 39.5. The number of fused-ring (bicyclic) bond motifs is 1. The number of anilines is 1. The van der Waals surface area contributed by atoms with E-state index in [9.17, 15) is 18.0 Å². The van der Waals surface area contributed by atoms with Gasteiger partial charge in [0.2, 0.25) is 0 Å². The van der Waals surface area contributed by atoms with E-state index in [1.165, 1.54) is 18.2 Å². The van der Waals surface area contributed by atoms with Gasteiger partial charge in [-0.2, -0.15) is 0 Å². The van der Waals surface area contributed by atoms with E-state index in [4.69, 9.17) is 9.15 Å². The predicted octanol–water partition coefficient (Wildman–Crippen LogP) is 5.18. The Labute approximate surface area is 203 Å². The van der Waals surface area contributed by atoms with Crippen molar-refractivity contribution in [3.63, 3.8) is 0 Å². The molecule has 0 bridgehead atoms. The van der Waals surface area contributed by atoms with Crippen LogP contribution in [0.2, 0.25) is 0 Å². The van der Waals surface area contributed by atoms with E-state index in [2.05, 4.69) is 4.72 Å². The van der Waals surface area contributed by atoms with E-state index in [0.29, 0.717) is 22.1 Å². The van der Waals surface area contributed by atoms with Gasteiger partial charge in [-0.05, 0) is 68.1 Å². The van der Waals surface area contributed by atoms with Crippen LogP contribution in [0.1, 0.15) is 38.2 Å². The highest BCUT2D eigenvalue weighted by Gasteiger charge is 2.21. The van der Waals surface area contributed by atoms with Crippen molar-refractivity contribution in [2.75, 3.05) is 4.72 Å². The van der Waals surface area contributed by atoms with Crippen LogP contribution in [0.4, 0.5) is 5.69 Å². The molecule has 0 amide bonds. The molecule has 35 heavy (non-hydrogen) atoms. The van der Waals surface area contributed by atoms with Gasteiger partial charge in [0.15, 0.2) is 0 Å². The number of rotatable bonds is 6. The second-order valence-corrected chi connectivity index (χ2v) is 10.1. The third-order valence-corrected chi connectivity index (χ3v) is 7.41. The SMILES string of the molecule is Cc1ccc(C)c(S(=O)(=O)Nc2ccccc2C(=O)OCc2cc(=O)oc3c(C)c(C)ccc23)c1. The van der Waals surface area contributed by atoms with Crippen molar-refractivity contribution in [3.8, 4) is 0 Å². The summed E-state index contributed by atoms with van der Waals surface area (Å²) in [7, 11) is -3.94. The first-order valence-electron chi connectivity index (χ1n) is 11.0. The molecule has 0 radical (unpaired) electrons. The summed E-state index contributed by atoms with van der Waals surface area (Å²) in [4.78, 5) is 25.2. The molecule has 180 valence electrons. The molecule has 1 N–H and O–H groups in total. The molecule has 0 unspecified atom stereocenters. The first-order chi connectivity index (χ1) is 16.6. The van der Waals surface area contributed by atoms with Crippen molar-refractivity contribution in [1.82, 2.24) is 0 Å². The fraction of sp³-hybridized carbons (Fsp3) is 0.185. The maximum absolute atomic E-state index is 13.1. The normalized spacial score (nSPS) is 11.4. The van der Waals surface area contributed by atoms with Crippen LogP contribution in [0.15, 0.2) is 74.8 Å². The lowest BCUT2D eigenvalue weighted by Crippen LogP contribution is -2.17. The van der Waals surface area contributed by atoms with Crippen LogP contribution in [-0.4, -0.2) is 14.4 Å². The molecule has 0 aliphatic heterocycles. The molecule has 0 aliphatic rings. The standard InChI is InChI=1S/C27H25NO6S/c1-16-9-10-18(3)24(13-16)35(31,32)28-23-8-6-5-7-22(23)27(30)33-15-20-14-25(29)34-26-19(4)17(2)11-12-21(20)26/h5-14,28H,15H2,1-4H3. The topological polar surface area (TPSA) is 103 Å².